The maximum absolute atomic E-state index is 13.0. The molecule has 0 unspecified atom stereocenters. The molecule has 0 fully saturated rings. The average Bonchev–Trinajstić information content (AvgIpc) is 2.70. The zero-order chi connectivity index (χ0) is 14.3. The van der Waals surface area contributed by atoms with Gasteiger partial charge in [0.25, 0.3) is 0 Å². The largest absolute Gasteiger partial charge is 0.293 e. The van der Waals surface area contributed by atoms with Gasteiger partial charge in [0.2, 0.25) is 0 Å². The van der Waals surface area contributed by atoms with Gasteiger partial charge >= 0.3 is 0 Å². The van der Waals surface area contributed by atoms with Gasteiger partial charge in [-0.05, 0) is 11.5 Å². The standard InChI is InChI=1S/C18H16O2/c1-12(2)18(13-8-4-3-5-9-13)16(19)14-10-6-7-11-15(14)17(18)20/h3-12H,1-2H3. The molecule has 0 amide bonds. The van der Waals surface area contributed by atoms with Gasteiger partial charge in [0.1, 0.15) is 5.41 Å². The summed E-state index contributed by atoms with van der Waals surface area (Å²) in [6.45, 7) is 3.88. The molecule has 100 valence electrons. The van der Waals surface area contributed by atoms with Crippen LogP contribution in [-0.2, 0) is 5.41 Å². The SMILES string of the molecule is CC(C)C1(c2ccccc2)C(=O)c2ccccc2C1=O. The lowest BCUT2D eigenvalue weighted by Gasteiger charge is -2.30. The van der Waals surface area contributed by atoms with Crippen LogP contribution in [0.5, 0.6) is 0 Å². The van der Waals surface area contributed by atoms with E-state index in [1.807, 2.05) is 56.3 Å². The molecule has 0 N–H and O–H groups in total. The molecule has 2 nitrogen and oxygen atoms in total. The first-order valence-electron chi connectivity index (χ1n) is 6.84. The summed E-state index contributed by atoms with van der Waals surface area (Å²) >= 11 is 0. The van der Waals surface area contributed by atoms with Crippen molar-refractivity contribution in [2.45, 2.75) is 19.3 Å². The van der Waals surface area contributed by atoms with Crippen LogP contribution in [0.4, 0.5) is 0 Å². The van der Waals surface area contributed by atoms with E-state index in [0.717, 1.165) is 5.56 Å². The normalized spacial score (nSPS) is 16.6. The van der Waals surface area contributed by atoms with E-state index in [-0.39, 0.29) is 17.5 Å². The maximum atomic E-state index is 13.0. The van der Waals surface area contributed by atoms with Crippen LogP contribution in [0.15, 0.2) is 54.6 Å². The Hall–Kier alpha value is -2.22. The number of rotatable bonds is 2. The highest BCUT2D eigenvalue weighted by Crippen LogP contribution is 2.44. The van der Waals surface area contributed by atoms with Crippen LogP contribution in [0.25, 0.3) is 0 Å². The Morgan fingerprint density at radius 1 is 0.750 bits per heavy atom. The van der Waals surface area contributed by atoms with Gasteiger partial charge in [-0.1, -0.05) is 68.4 Å². The summed E-state index contributed by atoms with van der Waals surface area (Å²) in [7, 11) is 0. The van der Waals surface area contributed by atoms with Gasteiger partial charge in [0.05, 0.1) is 0 Å². The first kappa shape index (κ1) is 12.8. The first-order chi connectivity index (χ1) is 9.60. The van der Waals surface area contributed by atoms with Gasteiger partial charge < -0.3 is 0 Å². The van der Waals surface area contributed by atoms with Crippen molar-refractivity contribution in [2.24, 2.45) is 5.92 Å². The highest BCUT2D eigenvalue weighted by molar-refractivity contribution is 6.33. The van der Waals surface area contributed by atoms with E-state index >= 15 is 0 Å². The topological polar surface area (TPSA) is 34.1 Å². The number of hydrogen-bond acceptors (Lipinski definition) is 2. The van der Waals surface area contributed by atoms with Crippen LogP contribution in [0.3, 0.4) is 0 Å². The van der Waals surface area contributed by atoms with Crippen molar-refractivity contribution in [3.05, 3.63) is 71.3 Å². The summed E-state index contributed by atoms with van der Waals surface area (Å²) < 4.78 is 0. The molecule has 0 saturated carbocycles. The maximum Gasteiger partial charge on any atom is 0.182 e. The van der Waals surface area contributed by atoms with Crippen LogP contribution in [0, 0.1) is 5.92 Å². The Labute approximate surface area is 118 Å². The number of hydrogen-bond donors (Lipinski definition) is 0. The minimum absolute atomic E-state index is 0.0701. The first-order valence-corrected chi connectivity index (χ1v) is 6.84. The van der Waals surface area contributed by atoms with Crippen molar-refractivity contribution in [3.8, 4) is 0 Å². The molecule has 0 aliphatic heterocycles. The minimum Gasteiger partial charge on any atom is -0.293 e. The lowest BCUT2D eigenvalue weighted by Crippen LogP contribution is -2.43. The second-order valence-electron chi connectivity index (χ2n) is 5.53. The van der Waals surface area contributed by atoms with Crippen LogP contribution >= 0.6 is 0 Å². The van der Waals surface area contributed by atoms with Crippen LogP contribution < -0.4 is 0 Å². The Morgan fingerprint density at radius 3 is 1.65 bits per heavy atom. The molecule has 2 heteroatoms. The quantitative estimate of drug-likeness (QED) is 0.776. The highest BCUT2D eigenvalue weighted by atomic mass is 16.2. The van der Waals surface area contributed by atoms with Gasteiger partial charge in [-0.3, -0.25) is 9.59 Å². The van der Waals surface area contributed by atoms with Crippen molar-refractivity contribution >= 4 is 11.6 Å². The summed E-state index contributed by atoms with van der Waals surface area (Å²) in [6.07, 6.45) is 0. The van der Waals surface area contributed by atoms with Gasteiger partial charge in [0, 0.05) is 11.1 Å². The van der Waals surface area contributed by atoms with Crippen LogP contribution in [0.1, 0.15) is 40.1 Å². The average molecular weight is 264 g/mol. The Balaban J connectivity index is 2.30. The van der Waals surface area contributed by atoms with Gasteiger partial charge in [-0.2, -0.15) is 0 Å². The number of carbonyl (C=O) groups is 2. The highest BCUT2D eigenvalue weighted by Gasteiger charge is 2.55. The number of carbonyl (C=O) groups excluding carboxylic acids is 2. The second kappa shape index (κ2) is 4.41. The lowest BCUT2D eigenvalue weighted by molar-refractivity contribution is 0.0742. The molecule has 20 heavy (non-hydrogen) atoms. The Bertz CT molecular complexity index is 649. The van der Waals surface area contributed by atoms with Crippen molar-refractivity contribution in [1.29, 1.82) is 0 Å². The molecule has 0 heterocycles. The van der Waals surface area contributed by atoms with E-state index in [1.165, 1.54) is 0 Å². The number of benzene rings is 2. The molecule has 0 bridgehead atoms. The second-order valence-corrected chi connectivity index (χ2v) is 5.53. The third kappa shape index (κ3) is 1.45. The fourth-order valence-electron chi connectivity index (χ4n) is 3.23. The molecule has 2 aromatic carbocycles. The fourth-order valence-corrected chi connectivity index (χ4v) is 3.23. The van der Waals surface area contributed by atoms with Crippen LogP contribution in [0.2, 0.25) is 0 Å². The van der Waals surface area contributed by atoms with E-state index in [4.69, 9.17) is 0 Å². The molecular weight excluding hydrogens is 248 g/mol. The van der Waals surface area contributed by atoms with Gasteiger partial charge in [-0.25, -0.2) is 0 Å². The smallest absolute Gasteiger partial charge is 0.182 e. The summed E-state index contributed by atoms with van der Waals surface area (Å²) in [5.41, 5.74) is 0.830. The minimum atomic E-state index is -1.06. The summed E-state index contributed by atoms with van der Waals surface area (Å²) in [6, 6.07) is 16.5. The third-order valence-electron chi connectivity index (χ3n) is 4.23. The van der Waals surface area contributed by atoms with Crippen molar-refractivity contribution in [1.82, 2.24) is 0 Å². The predicted octanol–water partition coefficient (Wildman–Crippen LogP) is 3.66. The van der Waals surface area contributed by atoms with E-state index in [2.05, 4.69) is 0 Å². The zero-order valence-corrected chi connectivity index (χ0v) is 11.6. The van der Waals surface area contributed by atoms with Crippen molar-refractivity contribution in [2.75, 3.05) is 0 Å². The molecule has 0 radical (unpaired) electrons. The zero-order valence-electron chi connectivity index (χ0n) is 11.6. The summed E-state index contributed by atoms with van der Waals surface area (Å²) in [5, 5.41) is 0. The van der Waals surface area contributed by atoms with E-state index in [9.17, 15) is 9.59 Å². The number of ketones is 2. The van der Waals surface area contributed by atoms with Crippen LogP contribution in [-0.4, -0.2) is 11.6 Å². The summed E-state index contributed by atoms with van der Waals surface area (Å²) in [4.78, 5) is 25.9. The lowest BCUT2D eigenvalue weighted by atomic mass is 9.68. The fraction of sp³-hybridized carbons (Fsp3) is 0.222. The number of Topliss-reactive ketones (excluding diaryl/α,β-unsaturated/α-hetero) is 2. The molecule has 0 saturated heterocycles. The molecule has 0 aromatic heterocycles. The molecule has 1 aliphatic carbocycles. The van der Waals surface area contributed by atoms with E-state index < -0.39 is 5.41 Å². The number of fused-ring (bicyclic) bond motifs is 1. The Kier molecular flexibility index (Phi) is 2.82. The van der Waals surface area contributed by atoms with E-state index in [0.29, 0.717) is 11.1 Å². The molecule has 3 rings (SSSR count). The Morgan fingerprint density at radius 2 is 1.20 bits per heavy atom. The van der Waals surface area contributed by atoms with Crippen molar-refractivity contribution < 1.29 is 9.59 Å². The van der Waals surface area contributed by atoms with Gasteiger partial charge in [0.15, 0.2) is 11.6 Å². The van der Waals surface area contributed by atoms with Crippen molar-refractivity contribution in [3.63, 3.8) is 0 Å². The third-order valence-corrected chi connectivity index (χ3v) is 4.23. The summed E-state index contributed by atoms with van der Waals surface area (Å²) in [5.74, 6) is -0.226. The van der Waals surface area contributed by atoms with E-state index in [1.54, 1.807) is 12.1 Å². The monoisotopic (exact) mass is 264 g/mol. The predicted molar refractivity (Wildman–Crippen MR) is 78.1 cm³/mol. The van der Waals surface area contributed by atoms with Gasteiger partial charge in [-0.15, -0.1) is 0 Å². The molecular formula is C18H16O2. The molecule has 1 aliphatic rings. The molecule has 2 aromatic rings. The molecule has 0 atom stereocenters. The molecule has 0 spiro atoms.